The van der Waals surface area contributed by atoms with Crippen molar-refractivity contribution >= 4 is 55.6 Å². The molecule has 0 bridgehead atoms. The van der Waals surface area contributed by atoms with E-state index < -0.39 is 0 Å². The van der Waals surface area contributed by atoms with Crippen LogP contribution >= 0.6 is 0 Å². The number of rotatable bonds is 3. The van der Waals surface area contributed by atoms with Gasteiger partial charge >= 0.3 is 0 Å². The first-order valence-electron chi connectivity index (χ1n) is 14.9. The van der Waals surface area contributed by atoms with Crippen molar-refractivity contribution in [2.24, 2.45) is 0 Å². The highest BCUT2D eigenvalue weighted by atomic mass is 15.0. The standard InChI is InChI=1S/C40H27N3/c1-3-19-34-30(15-1)31-16-2-4-20-35(31)40-39(34)41-25-36(42-40)28-13-9-11-26(23-28)27-12-10-14-29(24-27)43-37-21-7-5-17-32(37)33-18-6-8-22-38(33)43/h1-5,7,9-25H,6,8H2. The lowest BCUT2D eigenvalue weighted by Gasteiger charge is -2.12. The van der Waals surface area contributed by atoms with Crippen LogP contribution in [0.1, 0.15) is 12.8 Å². The number of para-hydroxylation sites is 1. The van der Waals surface area contributed by atoms with Gasteiger partial charge < -0.3 is 4.57 Å². The van der Waals surface area contributed by atoms with Crippen molar-refractivity contribution in [2.75, 3.05) is 0 Å². The molecule has 2 heterocycles. The number of aromatic nitrogens is 3. The van der Waals surface area contributed by atoms with Crippen LogP contribution in [0.15, 0.2) is 128 Å². The van der Waals surface area contributed by atoms with Gasteiger partial charge in [0, 0.05) is 38.0 Å². The predicted octanol–water partition coefficient (Wildman–Crippen LogP) is 8.57. The van der Waals surface area contributed by atoms with Crippen LogP contribution in [-0.4, -0.2) is 14.5 Å². The highest BCUT2D eigenvalue weighted by Gasteiger charge is 2.14. The number of nitrogens with zero attached hydrogens (tertiary/aromatic N) is 3. The molecule has 8 aromatic rings. The third-order valence-corrected chi connectivity index (χ3v) is 8.83. The fourth-order valence-corrected chi connectivity index (χ4v) is 6.87. The molecule has 43 heavy (non-hydrogen) atoms. The first kappa shape index (κ1) is 24.1. The molecule has 2 aromatic heterocycles. The Morgan fingerprint density at radius 2 is 1.14 bits per heavy atom. The summed E-state index contributed by atoms with van der Waals surface area (Å²) < 4.78 is 2.41. The van der Waals surface area contributed by atoms with E-state index in [4.69, 9.17) is 9.97 Å². The minimum absolute atomic E-state index is 0.876. The summed E-state index contributed by atoms with van der Waals surface area (Å²) >= 11 is 0. The van der Waals surface area contributed by atoms with Crippen molar-refractivity contribution in [1.82, 2.24) is 14.5 Å². The lowest BCUT2D eigenvalue weighted by atomic mass is 9.99. The third-order valence-electron chi connectivity index (χ3n) is 8.83. The first-order chi connectivity index (χ1) is 21.3. The van der Waals surface area contributed by atoms with E-state index in [9.17, 15) is 0 Å². The van der Waals surface area contributed by atoms with Gasteiger partial charge in [-0.3, -0.25) is 4.98 Å². The van der Waals surface area contributed by atoms with Crippen LogP contribution < -0.4 is 10.6 Å². The molecule has 1 aliphatic carbocycles. The summed E-state index contributed by atoms with van der Waals surface area (Å²) in [7, 11) is 0. The van der Waals surface area contributed by atoms with Crippen LogP contribution in [0.2, 0.25) is 0 Å². The average molecular weight is 550 g/mol. The van der Waals surface area contributed by atoms with Crippen molar-refractivity contribution in [3.63, 3.8) is 0 Å². The Morgan fingerprint density at radius 1 is 0.512 bits per heavy atom. The zero-order valence-electron chi connectivity index (χ0n) is 23.5. The second kappa shape index (κ2) is 9.50. The molecule has 0 radical (unpaired) electrons. The second-order valence-electron chi connectivity index (χ2n) is 11.3. The molecule has 0 aliphatic heterocycles. The molecule has 0 saturated heterocycles. The SMILES string of the molecule is C1=c2c(n(-c3cccc(-c4cccc(-c5cnc6c7ccccc7c7ccccc7c6n5)c4)c3)c3ccccc23)=CCC1. The maximum absolute atomic E-state index is 5.22. The number of hydrogen-bond donors (Lipinski definition) is 0. The highest BCUT2D eigenvalue weighted by molar-refractivity contribution is 6.23. The maximum Gasteiger partial charge on any atom is 0.0979 e. The van der Waals surface area contributed by atoms with Gasteiger partial charge in [-0.05, 0) is 59.0 Å². The van der Waals surface area contributed by atoms with Crippen molar-refractivity contribution in [3.8, 4) is 28.1 Å². The van der Waals surface area contributed by atoms with Gasteiger partial charge in [0.2, 0.25) is 0 Å². The molecule has 202 valence electrons. The van der Waals surface area contributed by atoms with Crippen molar-refractivity contribution in [3.05, 3.63) is 138 Å². The van der Waals surface area contributed by atoms with Gasteiger partial charge in [0.05, 0.1) is 28.4 Å². The fourth-order valence-electron chi connectivity index (χ4n) is 6.87. The smallest absolute Gasteiger partial charge is 0.0979 e. The quantitative estimate of drug-likeness (QED) is 0.207. The number of benzene rings is 6. The molecule has 3 nitrogen and oxygen atoms in total. The van der Waals surface area contributed by atoms with E-state index in [1.807, 2.05) is 6.20 Å². The molecule has 0 amide bonds. The van der Waals surface area contributed by atoms with E-state index in [0.717, 1.165) is 51.5 Å². The number of hydrogen-bond acceptors (Lipinski definition) is 2. The lowest BCUT2D eigenvalue weighted by Crippen LogP contribution is -2.30. The van der Waals surface area contributed by atoms with Crippen molar-refractivity contribution in [2.45, 2.75) is 12.8 Å². The second-order valence-corrected chi connectivity index (χ2v) is 11.3. The fraction of sp³-hybridized carbons (Fsp3) is 0.0500. The van der Waals surface area contributed by atoms with Gasteiger partial charge in [-0.15, -0.1) is 0 Å². The minimum atomic E-state index is 0.876. The summed E-state index contributed by atoms with van der Waals surface area (Å²) in [6.07, 6.45) is 8.86. The predicted molar refractivity (Wildman–Crippen MR) is 180 cm³/mol. The molecule has 6 aromatic carbocycles. The highest BCUT2D eigenvalue weighted by Crippen LogP contribution is 2.34. The van der Waals surface area contributed by atoms with Crippen LogP contribution in [0.25, 0.3) is 83.7 Å². The monoisotopic (exact) mass is 549 g/mol. The van der Waals surface area contributed by atoms with E-state index in [1.165, 1.54) is 43.5 Å². The van der Waals surface area contributed by atoms with Gasteiger partial charge in [0.15, 0.2) is 0 Å². The molecule has 0 saturated carbocycles. The Morgan fingerprint density at radius 3 is 1.95 bits per heavy atom. The van der Waals surface area contributed by atoms with E-state index >= 15 is 0 Å². The third kappa shape index (κ3) is 3.75. The maximum atomic E-state index is 5.22. The van der Waals surface area contributed by atoms with Gasteiger partial charge in [-0.25, -0.2) is 4.98 Å². The molecule has 0 N–H and O–H groups in total. The van der Waals surface area contributed by atoms with Gasteiger partial charge in [-0.1, -0.05) is 109 Å². The Hall–Kier alpha value is -5.54. The topological polar surface area (TPSA) is 30.7 Å². The normalized spacial score (nSPS) is 12.8. The van der Waals surface area contributed by atoms with Gasteiger partial charge in [-0.2, -0.15) is 0 Å². The largest absolute Gasteiger partial charge is 0.310 e. The summed E-state index contributed by atoms with van der Waals surface area (Å²) in [5.74, 6) is 0. The number of fused-ring (bicyclic) bond motifs is 9. The van der Waals surface area contributed by atoms with E-state index in [2.05, 4.69) is 138 Å². The molecule has 0 atom stereocenters. The average Bonchev–Trinajstić information content (AvgIpc) is 3.43. The molecule has 3 heteroatoms. The van der Waals surface area contributed by atoms with Crippen LogP contribution in [0, 0.1) is 0 Å². The molecule has 0 unspecified atom stereocenters. The minimum Gasteiger partial charge on any atom is -0.310 e. The summed E-state index contributed by atoms with van der Waals surface area (Å²) in [5.41, 5.74) is 8.58. The van der Waals surface area contributed by atoms with Gasteiger partial charge in [0.1, 0.15) is 0 Å². The lowest BCUT2D eigenvalue weighted by molar-refractivity contribution is 1.02. The summed E-state index contributed by atoms with van der Waals surface area (Å²) in [6.45, 7) is 0. The molecular weight excluding hydrogens is 522 g/mol. The van der Waals surface area contributed by atoms with Crippen molar-refractivity contribution < 1.29 is 0 Å². The zero-order valence-corrected chi connectivity index (χ0v) is 23.5. The van der Waals surface area contributed by atoms with Crippen LogP contribution in [0.4, 0.5) is 0 Å². The van der Waals surface area contributed by atoms with E-state index in [-0.39, 0.29) is 0 Å². The van der Waals surface area contributed by atoms with E-state index in [0.29, 0.717) is 0 Å². The van der Waals surface area contributed by atoms with Crippen LogP contribution in [0.5, 0.6) is 0 Å². The molecule has 9 rings (SSSR count). The molecular formula is C40H27N3. The van der Waals surface area contributed by atoms with Crippen molar-refractivity contribution in [1.29, 1.82) is 0 Å². The Bertz CT molecular complexity index is 2480. The Kier molecular flexibility index (Phi) is 5.32. The van der Waals surface area contributed by atoms with Crippen LogP contribution in [0.3, 0.4) is 0 Å². The van der Waals surface area contributed by atoms with Crippen LogP contribution in [-0.2, 0) is 0 Å². The van der Waals surface area contributed by atoms with Gasteiger partial charge in [0.25, 0.3) is 0 Å². The first-order valence-corrected chi connectivity index (χ1v) is 14.9. The molecule has 0 spiro atoms. The summed E-state index contributed by atoms with van der Waals surface area (Å²) in [4.78, 5) is 10.2. The molecule has 0 fully saturated rings. The van der Waals surface area contributed by atoms with E-state index in [1.54, 1.807) is 0 Å². The zero-order chi connectivity index (χ0) is 28.3. The molecule has 1 aliphatic rings. The summed E-state index contributed by atoms with van der Waals surface area (Å²) in [6, 6.07) is 43.3. The Balaban J connectivity index is 1.19. The summed E-state index contributed by atoms with van der Waals surface area (Å²) in [5, 5.41) is 8.64. The Labute approximate surface area is 248 Å².